The quantitative estimate of drug-likeness (QED) is 0.809. The van der Waals surface area contributed by atoms with E-state index in [2.05, 4.69) is 0 Å². The van der Waals surface area contributed by atoms with E-state index in [1.807, 2.05) is 0 Å². The van der Waals surface area contributed by atoms with Crippen LogP contribution in [0.5, 0.6) is 0 Å². The minimum atomic E-state index is -4.51. The largest absolute Gasteiger partial charge is 0.481 e. The fraction of sp³-hybridized carbons (Fsp3) is 0.385. The second-order valence-electron chi connectivity index (χ2n) is 4.32. The molecule has 0 aliphatic rings. The Labute approximate surface area is 118 Å². The molecule has 0 saturated carbocycles. The molecule has 2 N–H and O–H groups in total. The van der Waals surface area contributed by atoms with Gasteiger partial charge in [-0.05, 0) is 18.2 Å². The lowest BCUT2D eigenvalue weighted by Gasteiger charge is -2.24. The highest BCUT2D eigenvalue weighted by atomic mass is 19.4. The van der Waals surface area contributed by atoms with Gasteiger partial charge >= 0.3 is 18.1 Å². The second kappa shape index (κ2) is 6.96. The average molecular weight is 305 g/mol. The molecule has 0 spiro atoms. The molecule has 0 aliphatic carbocycles. The number of nitrogens with zero attached hydrogens (tertiary/aromatic N) is 1. The van der Waals surface area contributed by atoms with Gasteiger partial charge in [-0.15, -0.1) is 0 Å². The molecule has 0 radical (unpaired) electrons. The van der Waals surface area contributed by atoms with E-state index in [-0.39, 0.29) is 31.6 Å². The highest BCUT2D eigenvalue weighted by Crippen LogP contribution is 2.31. The highest BCUT2D eigenvalue weighted by Gasteiger charge is 2.30. The van der Waals surface area contributed by atoms with Crippen LogP contribution in [0.15, 0.2) is 24.3 Å². The number of anilines is 1. The minimum Gasteiger partial charge on any atom is -0.481 e. The zero-order valence-corrected chi connectivity index (χ0v) is 10.9. The molecule has 5 nitrogen and oxygen atoms in total. The molecule has 0 heterocycles. The third kappa shape index (κ3) is 5.72. The summed E-state index contributed by atoms with van der Waals surface area (Å²) in [5, 5.41) is 17.3. The average Bonchev–Trinajstić information content (AvgIpc) is 2.37. The molecule has 0 fully saturated rings. The highest BCUT2D eigenvalue weighted by molar-refractivity contribution is 5.69. The van der Waals surface area contributed by atoms with Gasteiger partial charge in [-0.2, -0.15) is 13.2 Å². The van der Waals surface area contributed by atoms with Crippen molar-refractivity contribution in [3.63, 3.8) is 0 Å². The summed E-state index contributed by atoms with van der Waals surface area (Å²) >= 11 is 0. The number of carbonyl (C=O) groups is 2. The van der Waals surface area contributed by atoms with Gasteiger partial charge in [0.25, 0.3) is 0 Å². The topological polar surface area (TPSA) is 77.8 Å². The van der Waals surface area contributed by atoms with E-state index < -0.39 is 23.7 Å². The molecule has 0 saturated heterocycles. The molecule has 0 atom stereocenters. The molecular formula is C13H14F3NO4. The van der Waals surface area contributed by atoms with Gasteiger partial charge in [0.15, 0.2) is 0 Å². The van der Waals surface area contributed by atoms with E-state index in [1.54, 1.807) is 0 Å². The van der Waals surface area contributed by atoms with E-state index in [0.717, 1.165) is 12.1 Å². The van der Waals surface area contributed by atoms with Gasteiger partial charge in [0.1, 0.15) is 0 Å². The van der Waals surface area contributed by atoms with Gasteiger partial charge in [0, 0.05) is 18.8 Å². The maximum absolute atomic E-state index is 12.7. The summed E-state index contributed by atoms with van der Waals surface area (Å²) in [7, 11) is 0. The van der Waals surface area contributed by atoms with Crippen molar-refractivity contribution >= 4 is 17.6 Å². The predicted molar refractivity (Wildman–Crippen MR) is 68.2 cm³/mol. The van der Waals surface area contributed by atoms with Crippen LogP contribution in [0, 0.1) is 0 Å². The lowest BCUT2D eigenvalue weighted by molar-refractivity contribution is -0.138. The smallest absolute Gasteiger partial charge is 0.416 e. The molecule has 0 bridgehead atoms. The first-order valence-corrected chi connectivity index (χ1v) is 6.06. The maximum Gasteiger partial charge on any atom is 0.416 e. The number of carboxylic acids is 2. The van der Waals surface area contributed by atoms with E-state index in [1.165, 1.54) is 17.0 Å². The molecule has 1 aromatic rings. The number of halogens is 3. The third-order valence-electron chi connectivity index (χ3n) is 2.73. The summed E-state index contributed by atoms with van der Waals surface area (Å²) in [5.74, 6) is -2.22. The Morgan fingerprint density at radius 1 is 1.05 bits per heavy atom. The summed E-state index contributed by atoms with van der Waals surface area (Å²) in [6.07, 6.45) is -5.10. The van der Waals surface area contributed by atoms with Crippen molar-refractivity contribution < 1.29 is 33.0 Å². The molecule has 116 valence electrons. The van der Waals surface area contributed by atoms with Crippen LogP contribution in [-0.2, 0) is 15.8 Å². The minimum absolute atomic E-state index is 0.0656. The fourth-order valence-corrected chi connectivity index (χ4v) is 1.71. The maximum atomic E-state index is 12.7. The predicted octanol–water partition coefficient (Wildman–Crippen LogP) is 2.46. The number of alkyl halides is 3. The Morgan fingerprint density at radius 3 is 2.00 bits per heavy atom. The van der Waals surface area contributed by atoms with Crippen LogP contribution in [0.1, 0.15) is 18.4 Å². The number of hydrogen-bond acceptors (Lipinski definition) is 3. The molecule has 0 aromatic heterocycles. The van der Waals surface area contributed by atoms with Crippen molar-refractivity contribution in [2.75, 3.05) is 18.0 Å². The number of aliphatic carboxylic acids is 2. The summed E-state index contributed by atoms with van der Waals surface area (Å²) in [6.45, 7) is -0.131. The summed E-state index contributed by atoms with van der Waals surface area (Å²) in [6, 6.07) is 4.37. The molecule has 0 unspecified atom stereocenters. The molecule has 0 aliphatic heterocycles. The summed E-state index contributed by atoms with van der Waals surface area (Å²) in [4.78, 5) is 22.5. The van der Waals surface area contributed by atoms with Gasteiger partial charge in [-0.3, -0.25) is 9.59 Å². The van der Waals surface area contributed by atoms with Gasteiger partial charge in [0.05, 0.1) is 18.4 Å². The number of benzene rings is 1. The zero-order chi connectivity index (χ0) is 16.0. The van der Waals surface area contributed by atoms with Crippen LogP contribution < -0.4 is 4.90 Å². The van der Waals surface area contributed by atoms with Gasteiger partial charge in [-0.25, -0.2) is 0 Å². The van der Waals surface area contributed by atoms with Crippen LogP contribution in [0.2, 0.25) is 0 Å². The fourth-order valence-electron chi connectivity index (χ4n) is 1.71. The van der Waals surface area contributed by atoms with Crippen LogP contribution in [0.25, 0.3) is 0 Å². The van der Waals surface area contributed by atoms with Crippen molar-refractivity contribution in [1.29, 1.82) is 0 Å². The Hall–Kier alpha value is -2.25. The van der Waals surface area contributed by atoms with E-state index in [4.69, 9.17) is 10.2 Å². The third-order valence-corrected chi connectivity index (χ3v) is 2.73. The molecule has 1 rings (SSSR count). The first-order chi connectivity index (χ1) is 9.70. The lowest BCUT2D eigenvalue weighted by atomic mass is 10.1. The summed E-state index contributed by atoms with van der Waals surface area (Å²) in [5.41, 5.74) is -0.719. The van der Waals surface area contributed by atoms with E-state index >= 15 is 0 Å². The number of carboxylic acid groups (broad SMARTS) is 2. The van der Waals surface area contributed by atoms with E-state index in [9.17, 15) is 22.8 Å². The standard InChI is InChI=1S/C13H14F3NO4/c14-13(15,16)9-2-1-3-10(8-9)17(6-4-11(18)19)7-5-12(20)21/h1-3,8H,4-7H2,(H,18,19)(H,20,21). The van der Waals surface area contributed by atoms with Gasteiger partial charge in [0.2, 0.25) is 0 Å². The first kappa shape index (κ1) is 16.8. The Morgan fingerprint density at radius 2 is 1.57 bits per heavy atom. The van der Waals surface area contributed by atoms with Gasteiger partial charge < -0.3 is 15.1 Å². The monoisotopic (exact) mass is 305 g/mol. The van der Waals surface area contributed by atoms with Crippen molar-refractivity contribution in [2.45, 2.75) is 19.0 Å². The van der Waals surface area contributed by atoms with Crippen molar-refractivity contribution in [3.8, 4) is 0 Å². The van der Waals surface area contributed by atoms with Crippen LogP contribution >= 0.6 is 0 Å². The van der Waals surface area contributed by atoms with Crippen molar-refractivity contribution in [2.24, 2.45) is 0 Å². The summed E-state index contributed by atoms with van der Waals surface area (Å²) < 4.78 is 38.0. The van der Waals surface area contributed by atoms with Crippen molar-refractivity contribution in [3.05, 3.63) is 29.8 Å². The Bertz CT molecular complexity index is 498. The lowest BCUT2D eigenvalue weighted by Crippen LogP contribution is -2.29. The first-order valence-electron chi connectivity index (χ1n) is 6.06. The number of hydrogen-bond donors (Lipinski definition) is 2. The van der Waals surface area contributed by atoms with Crippen LogP contribution in [0.3, 0.4) is 0 Å². The SMILES string of the molecule is O=C(O)CCN(CCC(=O)O)c1cccc(C(F)(F)F)c1. The Kier molecular flexibility index (Phi) is 5.57. The van der Waals surface area contributed by atoms with Crippen LogP contribution in [-0.4, -0.2) is 35.2 Å². The molecule has 8 heteroatoms. The van der Waals surface area contributed by atoms with Crippen LogP contribution in [0.4, 0.5) is 18.9 Å². The van der Waals surface area contributed by atoms with Gasteiger partial charge in [-0.1, -0.05) is 6.07 Å². The second-order valence-corrected chi connectivity index (χ2v) is 4.32. The van der Waals surface area contributed by atoms with E-state index in [0.29, 0.717) is 0 Å². The molecule has 0 amide bonds. The van der Waals surface area contributed by atoms with Crippen molar-refractivity contribution in [1.82, 2.24) is 0 Å². The molecule has 1 aromatic carbocycles. The molecule has 21 heavy (non-hydrogen) atoms. The normalized spacial score (nSPS) is 11.2. The zero-order valence-electron chi connectivity index (χ0n) is 10.9. The molecular weight excluding hydrogens is 291 g/mol. The number of rotatable bonds is 7. The Balaban J connectivity index is 2.95.